The first-order valence-corrected chi connectivity index (χ1v) is 5.05. The van der Waals surface area contributed by atoms with Crippen LogP contribution in [0.15, 0.2) is 29.2 Å². The third kappa shape index (κ3) is 2.99. The van der Waals surface area contributed by atoms with Crippen molar-refractivity contribution in [2.45, 2.75) is 18.2 Å². The molecule has 0 unspecified atom stereocenters. The fourth-order valence-electron chi connectivity index (χ4n) is 1.05. The molecule has 1 aromatic carbocycles. The number of benzene rings is 1. The molecule has 0 aliphatic heterocycles. The van der Waals surface area contributed by atoms with Gasteiger partial charge >= 0.3 is 0 Å². The Morgan fingerprint density at radius 1 is 1.31 bits per heavy atom. The van der Waals surface area contributed by atoms with Crippen molar-refractivity contribution in [3.8, 4) is 0 Å². The van der Waals surface area contributed by atoms with Crippen LogP contribution in [0, 0.1) is 0 Å². The van der Waals surface area contributed by atoms with Gasteiger partial charge in [-0.1, -0.05) is 25.1 Å². The molecule has 0 aromatic heterocycles. The highest BCUT2D eigenvalue weighted by Gasteiger charge is 2.12. The van der Waals surface area contributed by atoms with Crippen molar-refractivity contribution in [1.29, 1.82) is 0 Å². The van der Waals surface area contributed by atoms with E-state index in [1.54, 1.807) is 18.2 Å². The lowest BCUT2D eigenvalue weighted by molar-refractivity contribution is 0.482. The van der Waals surface area contributed by atoms with Crippen LogP contribution in [0.3, 0.4) is 0 Å². The zero-order chi connectivity index (χ0) is 9.19. The Hall–Kier alpha value is -0.580. The number of halogens is 1. The highest BCUT2D eigenvalue weighted by atomic mass is 35.5. The fourth-order valence-corrected chi connectivity index (χ4v) is 1.84. The molecular formula is C8H11ClO3S. The Balaban J connectivity index is 0.00000144. The van der Waals surface area contributed by atoms with E-state index >= 15 is 0 Å². The number of aryl methyl sites for hydroxylation is 1. The number of hydrogen-bond acceptors (Lipinski definition) is 2. The van der Waals surface area contributed by atoms with E-state index in [2.05, 4.69) is 0 Å². The molecule has 1 N–H and O–H groups in total. The van der Waals surface area contributed by atoms with Gasteiger partial charge in [0.1, 0.15) is 0 Å². The van der Waals surface area contributed by atoms with Crippen molar-refractivity contribution in [3.63, 3.8) is 0 Å². The third-order valence-electron chi connectivity index (χ3n) is 1.63. The van der Waals surface area contributed by atoms with Crippen molar-refractivity contribution in [2.75, 3.05) is 0 Å². The second-order valence-corrected chi connectivity index (χ2v) is 3.83. The summed E-state index contributed by atoms with van der Waals surface area (Å²) in [6, 6.07) is 6.41. The number of hydrogen-bond donors (Lipinski definition) is 1. The lowest BCUT2D eigenvalue weighted by Crippen LogP contribution is -2.01. The normalized spacial score (nSPS) is 10.6. The average Bonchev–Trinajstić information content (AvgIpc) is 2.03. The molecule has 3 nitrogen and oxygen atoms in total. The first-order valence-electron chi connectivity index (χ1n) is 3.61. The maximum absolute atomic E-state index is 10.8. The lowest BCUT2D eigenvalue weighted by Gasteiger charge is -2.02. The van der Waals surface area contributed by atoms with Crippen LogP contribution in [0.4, 0.5) is 0 Å². The minimum Gasteiger partial charge on any atom is -0.282 e. The Bertz CT molecular complexity index is 373. The Kier molecular flexibility index (Phi) is 4.39. The van der Waals surface area contributed by atoms with Gasteiger partial charge in [-0.3, -0.25) is 4.55 Å². The van der Waals surface area contributed by atoms with E-state index in [1.165, 1.54) is 6.07 Å². The van der Waals surface area contributed by atoms with Gasteiger partial charge in [-0.2, -0.15) is 8.42 Å². The molecule has 1 rings (SSSR count). The highest BCUT2D eigenvalue weighted by Crippen LogP contribution is 2.14. The highest BCUT2D eigenvalue weighted by molar-refractivity contribution is 7.85. The zero-order valence-corrected chi connectivity index (χ0v) is 8.73. The van der Waals surface area contributed by atoms with E-state index < -0.39 is 10.1 Å². The monoisotopic (exact) mass is 222 g/mol. The summed E-state index contributed by atoms with van der Waals surface area (Å²) in [6.45, 7) is 1.84. The van der Waals surface area contributed by atoms with Crippen LogP contribution in [-0.4, -0.2) is 13.0 Å². The van der Waals surface area contributed by atoms with E-state index in [-0.39, 0.29) is 17.3 Å². The first-order chi connectivity index (χ1) is 5.55. The smallest absolute Gasteiger partial charge is 0.282 e. The first kappa shape index (κ1) is 12.4. The Labute approximate surface area is 83.9 Å². The molecule has 0 saturated carbocycles. The Morgan fingerprint density at radius 2 is 1.85 bits per heavy atom. The number of rotatable bonds is 2. The third-order valence-corrected chi connectivity index (χ3v) is 2.59. The molecule has 0 heterocycles. The van der Waals surface area contributed by atoms with Crippen LogP contribution in [0.1, 0.15) is 12.5 Å². The largest absolute Gasteiger partial charge is 0.294 e. The second kappa shape index (κ2) is 4.60. The molecule has 0 bridgehead atoms. The van der Waals surface area contributed by atoms with Gasteiger partial charge in [-0.05, 0) is 18.1 Å². The van der Waals surface area contributed by atoms with Crippen LogP contribution >= 0.6 is 12.4 Å². The zero-order valence-electron chi connectivity index (χ0n) is 7.10. The van der Waals surface area contributed by atoms with Crippen molar-refractivity contribution < 1.29 is 13.0 Å². The lowest BCUT2D eigenvalue weighted by atomic mass is 10.2. The Morgan fingerprint density at radius 3 is 2.23 bits per heavy atom. The van der Waals surface area contributed by atoms with Gasteiger partial charge < -0.3 is 0 Å². The molecule has 74 valence electrons. The minimum atomic E-state index is -4.05. The van der Waals surface area contributed by atoms with E-state index in [0.29, 0.717) is 12.0 Å². The summed E-state index contributed by atoms with van der Waals surface area (Å²) in [6.07, 6.45) is 0.593. The van der Waals surface area contributed by atoms with Gasteiger partial charge in [0.15, 0.2) is 0 Å². The molecule has 0 aliphatic carbocycles. The maximum Gasteiger partial charge on any atom is 0.294 e. The van der Waals surface area contributed by atoms with Crippen molar-refractivity contribution in [2.24, 2.45) is 0 Å². The molecule has 0 aliphatic rings. The fraction of sp³-hybridized carbons (Fsp3) is 0.250. The summed E-state index contributed by atoms with van der Waals surface area (Å²) < 4.78 is 30.3. The predicted molar refractivity (Wildman–Crippen MR) is 52.9 cm³/mol. The van der Waals surface area contributed by atoms with Gasteiger partial charge in [0, 0.05) is 0 Å². The second-order valence-electron chi connectivity index (χ2n) is 2.44. The standard InChI is InChI=1S/C8H10O3S.ClH/c1-2-7-5-3-4-6-8(7)12(9,10)11;/h3-6H,2H2,1H3,(H,9,10,11);1H. The van der Waals surface area contributed by atoms with E-state index in [1.807, 2.05) is 6.92 Å². The summed E-state index contributed by atoms with van der Waals surface area (Å²) in [5.41, 5.74) is 0.639. The van der Waals surface area contributed by atoms with Crippen LogP contribution in [-0.2, 0) is 16.5 Å². The van der Waals surface area contributed by atoms with Crippen molar-refractivity contribution in [1.82, 2.24) is 0 Å². The molecular weight excluding hydrogens is 212 g/mol. The van der Waals surface area contributed by atoms with Crippen molar-refractivity contribution in [3.05, 3.63) is 29.8 Å². The van der Waals surface area contributed by atoms with Crippen LogP contribution in [0.5, 0.6) is 0 Å². The summed E-state index contributed by atoms with van der Waals surface area (Å²) in [5.74, 6) is 0. The molecule has 13 heavy (non-hydrogen) atoms. The topological polar surface area (TPSA) is 54.4 Å². The van der Waals surface area contributed by atoms with Gasteiger partial charge in [0.25, 0.3) is 10.1 Å². The molecule has 0 radical (unpaired) electrons. The molecule has 0 amide bonds. The SMILES string of the molecule is CCc1ccccc1S(=O)(=O)O.Cl. The molecule has 0 atom stereocenters. The van der Waals surface area contributed by atoms with Crippen molar-refractivity contribution >= 4 is 22.5 Å². The van der Waals surface area contributed by atoms with Gasteiger partial charge in [0.05, 0.1) is 4.90 Å². The van der Waals surface area contributed by atoms with Gasteiger partial charge in [0.2, 0.25) is 0 Å². The van der Waals surface area contributed by atoms with Crippen LogP contribution in [0.2, 0.25) is 0 Å². The van der Waals surface area contributed by atoms with Crippen LogP contribution < -0.4 is 0 Å². The summed E-state index contributed by atoms with van der Waals surface area (Å²) >= 11 is 0. The predicted octanol–water partition coefficient (Wildman–Crippen LogP) is 1.92. The molecule has 0 saturated heterocycles. The average molecular weight is 223 g/mol. The molecule has 1 aromatic rings. The summed E-state index contributed by atoms with van der Waals surface area (Å²) in [7, 11) is -4.05. The quantitative estimate of drug-likeness (QED) is 0.778. The van der Waals surface area contributed by atoms with E-state index in [9.17, 15) is 8.42 Å². The summed E-state index contributed by atoms with van der Waals surface area (Å²) in [5, 5.41) is 0. The minimum absolute atomic E-state index is 0. The summed E-state index contributed by atoms with van der Waals surface area (Å²) in [4.78, 5) is 0.00694. The van der Waals surface area contributed by atoms with Gasteiger partial charge in [-0.15, -0.1) is 12.4 Å². The van der Waals surface area contributed by atoms with Gasteiger partial charge in [-0.25, -0.2) is 0 Å². The van der Waals surface area contributed by atoms with E-state index in [0.717, 1.165) is 0 Å². The molecule has 5 heteroatoms. The van der Waals surface area contributed by atoms with Crippen LogP contribution in [0.25, 0.3) is 0 Å². The molecule has 0 spiro atoms. The molecule has 0 fully saturated rings. The maximum atomic E-state index is 10.8. The van der Waals surface area contributed by atoms with E-state index in [4.69, 9.17) is 4.55 Å².